The van der Waals surface area contributed by atoms with E-state index in [1.165, 1.54) is 23.6 Å². The summed E-state index contributed by atoms with van der Waals surface area (Å²) in [6, 6.07) is 7.62. The summed E-state index contributed by atoms with van der Waals surface area (Å²) in [7, 11) is 0. The van der Waals surface area contributed by atoms with Crippen LogP contribution in [-0.2, 0) is 6.42 Å². The van der Waals surface area contributed by atoms with Crippen molar-refractivity contribution in [3.8, 4) is 11.1 Å². The van der Waals surface area contributed by atoms with Crippen LogP contribution in [0, 0.1) is 17.2 Å². The van der Waals surface area contributed by atoms with Crippen LogP contribution in [0.25, 0.3) is 16.7 Å². The molecule has 0 amide bonds. The lowest BCUT2D eigenvalue weighted by Crippen LogP contribution is -2.18. The Morgan fingerprint density at radius 3 is 2.62 bits per heavy atom. The van der Waals surface area contributed by atoms with Gasteiger partial charge in [0.1, 0.15) is 5.82 Å². The highest BCUT2D eigenvalue weighted by molar-refractivity contribution is 5.84. The Balaban J connectivity index is 2.23. The van der Waals surface area contributed by atoms with E-state index in [9.17, 15) is 9.18 Å². The summed E-state index contributed by atoms with van der Waals surface area (Å²) in [4.78, 5) is 14.2. The topological polar surface area (TPSA) is 32.9 Å². The SMILES string of the molecule is CC(C)Cc1ccc(-c2cc(=O)[nH]cc2F)c(C2=CCCCC2(C)C)c1. The minimum Gasteiger partial charge on any atom is -0.326 e. The maximum atomic E-state index is 14.5. The Kier molecular flexibility index (Phi) is 5.17. The maximum Gasteiger partial charge on any atom is 0.248 e. The zero-order valence-electron chi connectivity index (χ0n) is 16.2. The van der Waals surface area contributed by atoms with Crippen molar-refractivity contribution in [2.45, 2.75) is 53.4 Å². The Labute approximate surface area is 155 Å². The van der Waals surface area contributed by atoms with Crippen LogP contribution in [0.5, 0.6) is 0 Å². The molecule has 1 aliphatic carbocycles. The second kappa shape index (κ2) is 7.22. The molecule has 0 atom stereocenters. The highest BCUT2D eigenvalue weighted by atomic mass is 19.1. The fourth-order valence-corrected chi connectivity index (χ4v) is 3.98. The van der Waals surface area contributed by atoms with Gasteiger partial charge in [0.15, 0.2) is 0 Å². The molecule has 2 aromatic rings. The van der Waals surface area contributed by atoms with Crippen molar-refractivity contribution in [2.75, 3.05) is 0 Å². The zero-order chi connectivity index (χ0) is 18.9. The molecule has 1 aromatic carbocycles. The van der Waals surface area contributed by atoms with E-state index in [1.54, 1.807) is 0 Å². The van der Waals surface area contributed by atoms with Crippen molar-refractivity contribution in [3.63, 3.8) is 0 Å². The lowest BCUT2D eigenvalue weighted by Gasteiger charge is -2.33. The number of halogens is 1. The number of hydrogen-bond donors (Lipinski definition) is 1. The zero-order valence-corrected chi connectivity index (χ0v) is 16.2. The smallest absolute Gasteiger partial charge is 0.248 e. The Morgan fingerprint density at radius 1 is 1.15 bits per heavy atom. The average Bonchev–Trinajstić information content (AvgIpc) is 2.56. The molecule has 2 nitrogen and oxygen atoms in total. The molecule has 3 rings (SSSR count). The van der Waals surface area contributed by atoms with Crippen LogP contribution in [0.3, 0.4) is 0 Å². The van der Waals surface area contributed by atoms with Crippen molar-refractivity contribution >= 4 is 5.57 Å². The van der Waals surface area contributed by atoms with E-state index in [1.807, 2.05) is 6.07 Å². The van der Waals surface area contributed by atoms with Crippen molar-refractivity contribution in [3.05, 3.63) is 63.8 Å². The third kappa shape index (κ3) is 3.82. The third-order valence-electron chi connectivity index (χ3n) is 5.27. The molecule has 0 bridgehead atoms. The van der Waals surface area contributed by atoms with Gasteiger partial charge in [-0.15, -0.1) is 0 Å². The first-order valence-corrected chi connectivity index (χ1v) is 9.50. The third-order valence-corrected chi connectivity index (χ3v) is 5.27. The highest BCUT2D eigenvalue weighted by Gasteiger charge is 2.29. The lowest BCUT2D eigenvalue weighted by atomic mass is 9.71. The van der Waals surface area contributed by atoms with E-state index in [2.05, 4.69) is 50.9 Å². The predicted octanol–water partition coefficient (Wildman–Crippen LogP) is 5.97. The summed E-state index contributed by atoms with van der Waals surface area (Å²) in [5.41, 5.74) is 4.54. The molecular formula is C23H28FNO. The molecule has 138 valence electrons. The molecule has 0 radical (unpaired) electrons. The molecule has 0 saturated carbocycles. The van der Waals surface area contributed by atoms with Crippen LogP contribution in [0.15, 0.2) is 41.3 Å². The van der Waals surface area contributed by atoms with E-state index in [4.69, 9.17) is 0 Å². The molecular weight excluding hydrogens is 325 g/mol. The maximum absolute atomic E-state index is 14.5. The highest BCUT2D eigenvalue weighted by Crippen LogP contribution is 2.45. The molecule has 1 aromatic heterocycles. The van der Waals surface area contributed by atoms with E-state index in [0.29, 0.717) is 11.5 Å². The van der Waals surface area contributed by atoms with Crippen molar-refractivity contribution < 1.29 is 4.39 Å². The summed E-state index contributed by atoms with van der Waals surface area (Å²) in [5, 5.41) is 0. The van der Waals surface area contributed by atoms with Crippen molar-refractivity contribution in [2.24, 2.45) is 11.3 Å². The Morgan fingerprint density at radius 2 is 1.92 bits per heavy atom. The van der Waals surface area contributed by atoms with Crippen LogP contribution in [0.4, 0.5) is 4.39 Å². The van der Waals surface area contributed by atoms with Gasteiger partial charge in [0.2, 0.25) is 5.56 Å². The number of nitrogens with one attached hydrogen (secondary N) is 1. The molecule has 0 spiro atoms. The first-order valence-electron chi connectivity index (χ1n) is 9.50. The average molecular weight is 353 g/mol. The van der Waals surface area contributed by atoms with Gasteiger partial charge in [0, 0.05) is 17.8 Å². The molecule has 1 aliphatic rings. The molecule has 1 heterocycles. The summed E-state index contributed by atoms with van der Waals surface area (Å²) >= 11 is 0. The summed E-state index contributed by atoms with van der Waals surface area (Å²) < 4.78 is 14.5. The van der Waals surface area contributed by atoms with Crippen LogP contribution in [0.2, 0.25) is 0 Å². The van der Waals surface area contributed by atoms with Gasteiger partial charge in [-0.25, -0.2) is 4.39 Å². The minimum atomic E-state index is -0.392. The molecule has 0 saturated heterocycles. The lowest BCUT2D eigenvalue weighted by molar-refractivity contribution is 0.425. The fourth-order valence-electron chi connectivity index (χ4n) is 3.98. The normalized spacial score (nSPS) is 16.6. The van der Waals surface area contributed by atoms with Crippen molar-refractivity contribution in [1.29, 1.82) is 0 Å². The second-order valence-corrected chi connectivity index (χ2v) is 8.43. The molecule has 1 N–H and O–H groups in total. The number of allylic oxidation sites excluding steroid dienone is 2. The van der Waals surface area contributed by atoms with Crippen LogP contribution in [-0.4, -0.2) is 4.98 Å². The number of rotatable bonds is 4. The molecule has 0 unspecified atom stereocenters. The number of H-pyrrole nitrogens is 1. The van der Waals surface area contributed by atoms with Gasteiger partial charge in [-0.05, 0) is 59.3 Å². The number of aromatic nitrogens is 1. The number of benzene rings is 1. The van der Waals surface area contributed by atoms with Gasteiger partial charge in [-0.1, -0.05) is 52.0 Å². The van der Waals surface area contributed by atoms with Gasteiger partial charge >= 0.3 is 0 Å². The van der Waals surface area contributed by atoms with Gasteiger partial charge in [-0.2, -0.15) is 0 Å². The van der Waals surface area contributed by atoms with E-state index < -0.39 is 5.82 Å². The second-order valence-electron chi connectivity index (χ2n) is 8.43. The predicted molar refractivity (Wildman–Crippen MR) is 107 cm³/mol. The van der Waals surface area contributed by atoms with Crippen LogP contribution in [0.1, 0.15) is 58.1 Å². The fraction of sp³-hybridized carbons (Fsp3) is 0.435. The van der Waals surface area contributed by atoms with Gasteiger partial charge < -0.3 is 4.98 Å². The van der Waals surface area contributed by atoms with Gasteiger partial charge in [0.25, 0.3) is 0 Å². The summed E-state index contributed by atoms with van der Waals surface area (Å²) in [5.74, 6) is 0.162. The standard InChI is InChI=1S/C23H28FNO/c1-15(2)11-16-8-9-17(19-13-22(26)25-14-21(19)24)18(12-16)20-7-5-6-10-23(20,3)4/h7-9,12-15H,5-6,10-11H2,1-4H3,(H,25,26). The quantitative estimate of drug-likeness (QED) is 0.721. The van der Waals surface area contributed by atoms with Gasteiger partial charge in [0.05, 0.1) is 0 Å². The molecule has 0 aliphatic heterocycles. The summed E-state index contributed by atoms with van der Waals surface area (Å²) in [6.07, 6.45) is 7.78. The largest absolute Gasteiger partial charge is 0.326 e. The Bertz CT molecular complexity index is 889. The van der Waals surface area contributed by atoms with E-state index >= 15 is 0 Å². The molecule has 3 heteroatoms. The monoisotopic (exact) mass is 353 g/mol. The molecule has 26 heavy (non-hydrogen) atoms. The first kappa shape index (κ1) is 18.6. The number of hydrogen-bond acceptors (Lipinski definition) is 1. The van der Waals surface area contributed by atoms with Gasteiger partial charge in [-0.3, -0.25) is 4.79 Å². The molecule has 0 fully saturated rings. The number of pyridine rings is 1. The van der Waals surface area contributed by atoms with E-state index in [0.717, 1.165) is 36.6 Å². The Hall–Kier alpha value is -2.16. The number of aromatic amines is 1. The first-order chi connectivity index (χ1) is 12.3. The summed E-state index contributed by atoms with van der Waals surface area (Å²) in [6.45, 7) is 8.91. The van der Waals surface area contributed by atoms with Crippen LogP contribution >= 0.6 is 0 Å². The minimum absolute atomic E-state index is 0.0428. The van der Waals surface area contributed by atoms with E-state index in [-0.39, 0.29) is 11.0 Å². The van der Waals surface area contributed by atoms with Crippen molar-refractivity contribution in [1.82, 2.24) is 4.98 Å². The van der Waals surface area contributed by atoms with Crippen LogP contribution < -0.4 is 5.56 Å².